The van der Waals surface area contributed by atoms with Gasteiger partial charge in [-0.2, -0.15) is 0 Å². The molecule has 12 nitrogen and oxygen atoms in total. The van der Waals surface area contributed by atoms with Gasteiger partial charge in [-0.3, -0.25) is 24.2 Å². The first-order valence-electron chi connectivity index (χ1n) is 11.5. The molecule has 4 rings (SSSR count). The van der Waals surface area contributed by atoms with Gasteiger partial charge in [0, 0.05) is 38.5 Å². The molecule has 4 amide bonds. The lowest BCUT2D eigenvalue weighted by molar-refractivity contribution is -0.147. The lowest BCUT2D eigenvalue weighted by Crippen LogP contribution is -2.68. The number of likely N-dealkylation sites (N-methyl/N-ethyl adjacent to an activating group) is 1. The number of hydrogen-bond donors (Lipinski definition) is 2. The van der Waals surface area contributed by atoms with Crippen LogP contribution in [0.1, 0.15) is 12.8 Å². The van der Waals surface area contributed by atoms with E-state index >= 15 is 0 Å². The van der Waals surface area contributed by atoms with E-state index in [1.807, 2.05) is 0 Å². The van der Waals surface area contributed by atoms with Gasteiger partial charge in [-0.05, 0) is 24.5 Å². The van der Waals surface area contributed by atoms with E-state index in [1.54, 1.807) is 25.1 Å². The van der Waals surface area contributed by atoms with Crippen LogP contribution in [0.4, 0.5) is 4.79 Å². The van der Waals surface area contributed by atoms with Crippen molar-refractivity contribution in [3.63, 3.8) is 0 Å². The minimum Gasteiger partial charge on any atom is -0.477 e. The van der Waals surface area contributed by atoms with Gasteiger partial charge in [0.15, 0.2) is 0 Å². The van der Waals surface area contributed by atoms with Crippen LogP contribution in [0, 0.1) is 0 Å². The van der Waals surface area contributed by atoms with Crippen LogP contribution < -0.4 is 5.73 Å². The smallest absolute Gasteiger partial charge is 0.410 e. The third kappa shape index (κ3) is 4.37. The molecule has 0 aromatic carbocycles. The third-order valence-corrected chi connectivity index (χ3v) is 8.08. The molecular weight excluding hydrogens is 490 g/mol. The summed E-state index contributed by atoms with van der Waals surface area (Å²) in [6.45, 7) is 4.03. The highest BCUT2D eigenvalue weighted by molar-refractivity contribution is 8.00. The molecule has 0 unspecified atom stereocenters. The fourth-order valence-electron chi connectivity index (χ4n) is 4.96. The molecule has 3 N–H and O–H groups in total. The van der Waals surface area contributed by atoms with Gasteiger partial charge < -0.3 is 25.4 Å². The van der Waals surface area contributed by atoms with Gasteiger partial charge in [-0.15, -0.1) is 11.8 Å². The number of ether oxygens (including phenoxy) is 1. The number of hydrogen-bond acceptors (Lipinski definition) is 8. The van der Waals surface area contributed by atoms with Crippen LogP contribution in [-0.2, 0) is 23.9 Å². The molecule has 3 saturated heterocycles. The number of nitrogens with zero attached hydrogens (tertiary/aromatic N) is 4. The van der Waals surface area contributed by atoms with Crippen molar-refractivity contribution in [2.45, 2.75) is 36.3 Å². The molecule has 4 aliphatic rings. The summed E-state index contributed by atoms with van der Waals surface area (Å²) in [5, 5.41) is 9.33. The van der Waals surface area contributed by atoms with E-state index in [-0.39, 0.29) is 37.1 Å². The quantitative estimate of drug-likeness (QED) is 0.271. The van der Waals surface area contributed by atoms with Crippen molar-refractivity contribution >= 4 is 41.5 Å². The first kappa shape index (κ1) is 25.8. The van der Waals surface area contributed by atoms with Gasteiger partial charge >= 0.3 is 12.1 Å². The summed E-state index contributed by atoms with van der Waals surface area (Å²) >= 11 is 1.36. The lowest BCUT2D eigenvalue weighted by atomic mass is 10.0. The average molecular weight is 520 g/mol. The largest absolute Gasteiger partial charge is 0.477 e. The predicted molar refractivity (Wildman–Crippen MR) is 129 cm³/mol. The highest BCUT2D eigenvalue weighted by Gasteiger charge is 2.52. The minimum atomic E-state index is -1.25. The van der Waals surface area contributed by atoms with E-state index in [1.165, 1.54) is 32.5 Å². The molecule has 0 spiro atoms. The third-order valence-electron chi connectivity index (χ3n) is 6.75. The number of β-lactam (4-membered cyclic amide) rings is 1. The van der Waals surface area contributed by atoms with Crippen molar-refractivity contribution in [3.8, 4) is 0 Å². The number of allylic oxidation sites excluding steroid dienone is 1. The fraction of sp³-hybridized carbons (Fsp3) is 0.522. The second kappa shape index (κ2) is 9.97. The Hall–Kier alpha value is -3.32. The number of thioether (sulfide) groups is 1. The van der Waals surface area contributed by atoms with Gasteiger partial charge in [0.25, 0.3) is 0 Å². The summed E-state index contributed by atoms with van der Waals surface area (Å²) in [7, 11) is 3.20. The van der Waals surface area contributed by atoms with Crippen LogP contribution in [0.3, 0.4) is 0 Å². The Labute approximate surface area is 212 Å². The van der Waals surface area contributed by atoms with Crippen molar-refractivity contribution in [2.24, 2.45) is 5.73 Å². The molecule has 3 fully saturated rings. The number of carboxylic acid groups (broad SMARTS) is 1. The summed E-state index contributed by atoms with van der Waals surface area (Å²) < 4.78 is 5.15. The van der Waals surface area contributed by atoms with Crippen LogP contribution in [-0.4, -0.2) is 118 Å². The Kier molecular flexibility index (Phi) is 7.14. The summed E-state index contributed by atoms with van der Waals surface area (Å²) in [5.41, 5.74) is 6.46. The van der Waals surface area contributed by atoms with E-state index in [0.717, 1.165) is 0 Å². The van der Waals surface area contributed by atoms with Crippen LogP contribution in [0.25, 0.3) is 0 Å². The summed E-state index contributed by atoms with van der Waals surface area (Å²) in [4.78, 5) is 68.3. The minimum absolute atomic E-state index is 0.00270. The molecule has 0 radical (unpaired) electrons. The summed E-state index contributed by atoms with van der Waals surface area (Å²) in [6, 6.07) is -1.90. The van der Waals surface area contributed by atoms with E-state index in [2.05, 4.69) is 6.58 Å². The predicted octanol–water partition coefficient (Wildman–Crippen LogP) is -0.420. The summed E-state index contributed by atoms with van der Waals surface area (Å²) in [5.74, 6) is -1.94. The molecule has 194 valence electrons. The van der Waals surface area contributed by atoms with Crippen LogP contribution in [0.15, 0.2) is 35.6 Å². The SMILES string of the molecule is C=CCOC(=O)N1C[C@@H](N2CC/C(=C\C3=C(C(=O)O)N4C(=O)[C@@H](N)[C@H]4SC3)C2=O)C[C@@H]1C(=O)N(C)C. The number of nitrogens with two attached hydrogens (primary N) is 1. The summed E-state index contributed by atoms with van der Waals surface area (Å²) in [6.07, 6.45) is 2.98. The first-order valence-corrected chi connectivity index (χ1v) is 12.5. The average Bonchev–Trinajstić information content (AvgIpc) is 3.44. The Balaban J connectivity index is 1.55. The number of carbonyl (C=O) groups excluding carboxylic acids is 4. The highest BCUT2D eigenvalue weighted by atomic mass is 32.2. The van der Waals surface area contributed by atoms with Crippen molar-refractivity contribution in [1.82, 2.24) is 19.6 Å². The number of likely N-dealkylation sites (tertiary alicyclic amines) is 2. The number of rotatable bonds is 6. The molecule has 0 aromatic heterocycles. The zero-order chi connectivity index (χ0) is 26.3. The standard InChI is InChI=1S/C23H29N5O7S/c1-4-7-35-23(34)27-10-14(9-15(27)19(30)25(2)3)26-6-5-12(18(26)29)8-13-11-36-21-16(24)20(31)28(21)17(13)22(32)33/h4,8,14-16,21H,1,5-7,9-11,24H2,2-3H3,(H,32,33)/b12-8+/t14-,15+,16+,21+/m0/s1. The van der Waals surface area contributed by atoms with Crippen molar-refractivity contribution < 1.29 is 33.8 Å². The van der Waals surface area contributed by atoms with Crippen LogP contribution >= 0.6 is 11.8 Å². The number of carbonyl (C=O) groups is 5. The van der Waals surface area contributed by atoms with Crippen LogP contribution in [0.2, 0.25) is 0 Å². The molecule has 36 heavy (non-hydrogen) atoms. The first-order chi connectivity index (χ1) is 17.1. The monoisotopic (exact) mass is 519 g/mol. The number of carboxylic acids is 1. The van der Waals surface area contributed by atoms with Crippen molar-refractivity contribution in [2.75, 3.05) is 39.5 Å². The maximum absolute atomic E-state index is 13.3. The number of fused-ring (bicyclic) bond motifs is 1. The fourth-order valence-corrected chi connectivity index (χ4v) is 6.22. The molecule has 4 aliphatic heterocycles. The second-order valence-electron chi connectivity index (χ2n) is 9.19. The van der Waals surface area contributed by atoms with Gasteiger partial charge in [0.1, 0.15) is 29.8 Å². The second-order valence-corrected chi connectivity index (χ2v) is 10.3. The van der Waals surface area contributed by atoms with E-state index < -0.39 is 41.5 Å². The van der Waals surface area contributed by atoms with Crippen molar-refractivity contribution in [1.29, 1.82) is 0 Å². The zero-order valence-electron chi connectivity index (χ0n) is 20.1. The van der Waals surface area contributed by atoms with E-state index in [9.17, 15) is 29.1 Å². The maximum atomic E-state index is 13.3. The topological polar surface area (TPSA) is 154 Å². The Morgan fingerprint density at radius 1 is 1.31 bits per heavy atom. The molecule has 0 aliphatic carbocycles. The molecule has 0 saturated carbocycles. The Morgan fingerprint density at radius 2 is 2.03 bits per heavy atom. The molecule has 4 heterocycles. The Morgan fingerprint density at radius 3 is 2.67 bits per heavy atom. The molecule has 13 heteroatoms. The molecular formula is C23H29N5O7S. The number of aliphatic carboxylic acids is 1. The molecule has 0 bridgehead atoms. The van der Waals surface area contributed by atoms with Gasteiger partial charge in [-0.1, -0.05) is 12.7 Å². The highest BCUT2D eigenvalue weighted by Crippen LogP contribution is 2.40. The van der Waals surface area contributed by atoms with Gasteiger partial charge in [0.2, 0.25) is 17.7 Å². The van der Waals surface area contributed by atoms with E-state index in [0.29, 0.717) is 29.9 Å². The molecule has 4 atom stereocenters. The lowest BCUT2D eigenvalue weighted by Gasteiger charge is -2.47. The number of amides is 4. The van der Waals surface area contributed by atoms with Crippen molar-refractivity contribution in [3.05, 3.63) is 35.6 Å². The normalized spacial score (nSPS) is 28.9. The molecule has 0 aromatic rings. The van der Waals surface area contributed by atoms with E-state index in [4.69, 9.17) is 10.5 Å². The Bertz CT molecular complexity index is 1090. The van der Waals surface area contributed by atoms with Gasteiger partial charge in [-0.25, -0.2) is 9.59 Å². The van der Waals surface area contributed by atoms with Gasteiger partial charge in [0.05, 0.1) is 6.04 Å². The van der Waals surface area contributed by atoms with Crippen LogP contribution in [0.5, 0.6) is 0 Å². The zero-order valence-corrected chi connectivity index (χ0v) is 20.9. The maximum Gasteiger partial charge on any atom is 0.410 e.